The number of aryl methyl sites for hydroxylation is 1. The number of benzene rings is 1. The highest BCUT2D eigenvalue weighted by Crippen LogP contribution is 2.25. The Hall–Kier alpha value is -1.22. The van der Waals surface area contributed by atoms with Gasteiger partial charge in [0.2, 0.25) is 0 Å². The van der Waals surface area contributed by atoms with Gasteiger partial charge in [0.1, 0.15) is 0 Å². The predicted molar refractivity (Wildman–Crippen MR) is 56.6 cm³/mol. The molecule has 0 radical (unpaired) electrons. The molecule has 0 aromatic heterocycles. The molecule has 1 aromatic rings. The monoisotopic (exact) mass is 195 g/mol. The molecule has 1 atom stereocenters. The second kappa shape index (κ2) is 4.86. The van der Waals surface area contributed by atoms with Crippen LogP contribution in [0, 0.1) is 0 Å². The molecule has 78 valence electrons. The highest BCUT2D eigenvalue weighted by molar-refractivity contribution is 5.40. The summed E-state index contributed by atoms with van der Waals surface area (Å²) in [6.45, 7) is 2.11. The molecule has 3 N–H and O–H groups in total. The summed E-state index contributed by atoms with van der Waals surface area (Å²) in [7, 11) is 1.93. The van der Waals surface area contributed by atoms with E-state index in [2.05, 4.69) is 12.2 Å². The van der Waals surface area contributed by atoms with Crippen LogP contribution in [0.1, 0.15) is 18.9 Å². The van der Waals surface area contributed by atoms with Crippen molar-refractivity contribution < 1.29 is 10.2 Å². The maximum atomic E-state index is 9.26. The van der Waals surface area contributed by atoms with Crippen molar-refractivity contribution in [2.75, 3.05) is 7.05 Å². The molecule has 0 bridgehead atoms. The van der Waals surface area contributed by atoms with Gasteiger partial charge in [0.25, 0.3) is 0 Å². The van der Waals surface area contributed by atoms with Crippen molar-refractivity contribution in [2.24, 2.45) is 0 Å². The first kappa shape index (κ1) is 10.9. The fourth-order valence-corrected chi connectivity index (χ4v) is 1.25. The summed E-state index contributed by atoms with van der Waals surface area (Å²) in [6.07, 6.45) is 1.91. The molecule has 0 amide bonds. The fraction of sp³-hybridized carbons (Fsp3) is 0.455. The van der Waals surface area contributed by atoms with Gasteiger partial charge in [0.15, 0.2) is 11.5 Å². The summed E-state index contributed by atoms with van der Waals surface area (Å²) in [6, 6.07) is 5.43. The van der Waals surface area contributed by atoms with Crippen molar-refractivity contribution in [3.63, 3.8) is 0 Å². The molecule has 1 rings (SSSR count). The Balaban J connectivity index is 2.55. The first-order valence-corrected chi connectivity index (χ1v) is 4.81. The molecule has 1 aromatic carbocycles. The van der Waals surface area contributed by atoms with E-state index in [1.807, 2.05) is 13.1 Å². The maximum Gasteiger partial charge on any atom is 0.157 e. The summed E-state index contributed by atoms with van der Waals surface area (Å²) in [5.74, 6) is -0.102. The average Bonchev–Trinajstić information content (AvgIpc) is 2.19. The van der Waals surface area contributed by atoms with E-state index >= 15 is 0 Å². The minimum atomic E-state index is -0.0598. The van der Waals surface area contributed by atoms with Crippen LogP contribution in [0.25, 0.3) is 0 Å². The van der Waals surface area contributed by atoms with Crippen molar-refractivity contribution >= 4 is 0 Å². The van der Waals surface area contributed by atoms with Crippen LogP contribution in [0.5, 0.6) is 11.5 Å². The van der Waals surface area contributed by atoms with Crippen LogP contribution in [0.4, 0.5) is 0 Å². The number of hydrogen-bond donors (Lipinski definition) is 3. The number of phenolic OH excluding ortho intramolecular Hbond substituents is 2. The second-order valence-corrected chi connectivity index (χ2v) is 3.55. The lowest BCUT2D eigenvalue weighted by Crippen LogP contribution is -2.21. The Labute approximate surface area is 84.4 Å². The molecule has 0 saturated heterocycles. The molecule has 3 heteroatoms. The van der Waals surface area contributed by atoms with Gasteiger partial charge in [-0.1, -0.05) is 6.07 Å². The van der Waals surface area contributed by atoms with Gasteiger partial charge in [0, 0.05) is 6.04 Å². The van der Waals surface area contributed by atoms with Gasteiger partial charge in [-0.05, 0) is 44.5 Å². The summed E-state index contributed by atoms with van der Waals surface area (Å²) < 4.78 is 0. The van der Waals surface area contributed by atoms with E-state index < -0.39 is 0 Å². The van der Waals surface area contributed by atoms with Crippen molar-refractivity contribution in [3.8, 4) is 11.5 Å². The molecular formula is C11H17NO2. The second-order valence-electron chi connectivity index (χ2n) is 3.55. The van der Waals surface area contributed by atoms with E-state index in [0.29, 0.717) is 6.04 Å². The lowest BCUT2D eigenvalue weighted by Gasteiger charge is -2.09. The summed E-state index contributed by atoms with van der Waals surface area (Å²) >= 11 is 0. The number of hydrogen-bond acceptors (Lipinski definition) is 3. The predicted octanol–water partition coefficient (Wildman–Crippen LogP) is 1.64. The smallest absolute Gasteiger partial charge is 0.157 e. The number of rotatable bonds is 4. The lowest BCUT2D eigenvalue weighted by molar-refractivity contribution is 0.403. The Morgan fingerprint density at radius 2 is 2.00 bits per heavy atom. The van der Waals surface area contributed by atoms with E-state index in [1.54, 1.807) is 6.07 Å². The van der Waals surface area contributed by atoms with Crippen LogP contribution in [0.15, 0.2) is 18.2 Å². The molecule has 0 saturated carbocycles. The van der Waals surface area contributed by atoms with Crippen molar-refractivity contribution in [2.45, 2.75) is 25.8 Å². The van der Waals surface area contributed by atoms with Crippen LogP contribution in [0.2, 0.25) is 0 Å². The first-order chi connectivity index (χ1) is 6.63. The Bertz CT molecular complexity index is 299. The third-order valence-electron chi connectivity index (χ3n) is 2.40. The Kier molecular flexibility index (Phi) is 3.77. The van der Waals surface area contributed by atoms with E-state index in [4.69, 9.17) is 5.11 Å². The summed E-state index contributed by atoms with van der Waals surface area (Å²) in [4.78, 5) is 0. The molecule has 0 aliphatic carbocycles. The highest BCUT2D eigenvalue weighted by atomic mass is 16.3. The molecule has 0 heterocycles. The number of phenols is 2. The summed E-state index contributed by atoms with van der Waals surface area (Å²) in [5.41, 5.74) is 1.04. The normalized spacial score (nSPS) is 12.7. The minimum absolute atomic E-state index is 0.0420. The quantitative estimate of drug-likeness (QED) is 0.640. The van der Waals surface area contributed by atoms with Gasteiger partial charge >= 0.3 is 0 Å². The SMILES string of the molecule is CNC(C)CCc1ccc(O)c(O)c1. The third-order valence-corrected chi connectivity index (χ3v) is 2.40. The molecule has 1 unspecified atom stereocenters. The van der Waals surface area contributed by atoms with E-state index in [1.165, 1.54) is 6.07 Å². The minimum Gasteiger partial charge on any atom is -0.504 e. The Morgan fingerprint density at radius 1 is 1.29 bits per heavy atom. The van der Waals surface area contributed by atoms with Crippen LogP contribution >= 0.6 is 0 Å². The van der Waals surface area contributed by atoms with E-state index in [0.717, 1.165) is 18.4 Å². The fourth-order valence-electron chi connectivity index (χ4n) is 1.25. The first-order valence-electron chi connectivity index (χ1n) is 4.81. The largest absolute Gasteiger partial charge is 0.504 e. The van der Waals surface area contributed by atoms with Crippen molar-refractivity contribution in [1.82, 2.24) is 5.32 Å². The van der Waals surface area contributed by atoms with Gasteiger partial charge < -0.3 is 15.5 Å². The maximum absolute atomic E-state index is 9.26. The molecule has 14 heavy (non-hydrogen) atoms. The topological polar surface area (TPSA) is 52.5 Å². The molecule has 0 fully saturated rings. The third kappa shape index (κ3) is 2.92. The zero-order chi connectivity index (χ0) is 10.6. The van der Waals surface area contributed by atoms with Crippen LogP contribution in [0.3, 0.4) is 0 Å². The van der Waals surface area contributed by atoms with Crippen LogP contribution < -0.4 is 5.32 Å². The van der Waals surface area contributed by atoms with Gasteiger partial charge in [-0.15, -0.1) is 0 Å². The zero-order valence-corrected chi connectivity index (χ0v) is 8.62. The molecular weight excluding hydrogens is 178 g/mol. The van der Waals surface area contributed by atoms with Gasteiger partial charge in [-0.2, -0.15) is 0 Å². The zero-order valence-electron chi connectivity index (χ0n) is 8.62. The lowest BCUT2D eigenvalue weighted by atomic mass is 10.1. The number of aromatic hydroxyl groups is 2. The Morgan fingerprint density at radius 3 is 2.57 bits per heavy atom. The molecule has 0 spiro atoms. The average molecular weight is 195 g/mol. The van der Waals surface area contributed by atoms with Crippen LogP contribution in [-0.4, -0.2) is 23.3 Å². The standard InChI is InChI=1S/C11H17NO2/c1-8(12-2)3-4-9-5-6-10(13)11(14)7-9/h5-8,12-14H,3-4H2,1-2H3. The van der Waals surface area contributed by atoms with E-state index in [-0.39, 0.29) is 11.5 Å². The van der Waals surface area contributed by atoms with Gasteiger partial charge in [-0.25, -0.2) is 0 Å². The van der Waals surface area contributed by atoms with Crippen molar-refractivity contribution in [3.05, 3.63) is 23.8 Å². The molecule has 3 nitrogen and oxygen atoms in total. The van der Waals surface area contributed by atoms with E-state index in [9.17, 15) is 5.11 Å². The molecule has 0 aliphatic heterocycles. The molecule has 0 aliphatic rings. The van der Waals surface area contributed by atoms with Gasteiger partial charge in [-0.3, -0.25) is 0 Å². The summed E-state index contributed by atoms with van der Waals surface area (Å²) in [5, 5.41) is 21.5. The highest BCUT2D eigenvalue weighted by Gasteiger charge is 2.02. The van der Waals surface area contributed by atoms with Gasteiger partial charge in [0.05, 0.1) is 0 Å². The van der Waals surface area contributed by atoms with Crippen molar-refractivity contribution in [1.29, 1.82) is 0 Å². The van der Waals surface area contributed by atoms with Crippen LogP contribution in [-0.2, 0) is 6.42 Å². The number of nitrogens with one attached hydrogen (secondary N) is 1.